The second kappa shape index (κ2) is 5.75. The number of aliphatic carboxylic acids is 1. The number of amides is 1. The van der Waals surface area contributed by atoms with Crippen molar-refractivity contribution in [2.45, 2.75) is 13.3 Å². The molecular formula is C18H18ClNO5. The number of furan rings is 1. The highest BCUT2D eigenvalue weighted by Crippen LogP contribution is 2.43. The van der Waals surface area contributed by atoms with E-state index in [2.05, 4.69) is 0 Å². The van der Waals surface area contributed by atoms with Gasteiger partial charge in [-0.2, -0.15) is 0 Å². The molecule has 132 valence electrons. The summed E-state index contributed by atoms with van der Waals surface area (Å²) in [6, 6.07) is 5.37. The number of carbonyl (C=O) groups excluding carboxylic acids is 1. The van der Waals surface area contributed by atoms with Crippen LogP contribution in [-0.4, -0.2) is 48.2 Å². The summed E-state index contributed by atoms with van der Waals surface area (Å²) in [5.41, 5.74) is 0.279. The summed E-state index contributed by atoms with van der Waals surface area (Å²) in [5.74, 6) is -1.13. The van der Waals surface area contributed by atoms with Crippen LogP contribution < -0.4 is 0 Å². The van der Waals surface area contributed by atoms with Gasteiger partial charge in [0, 0.05) is 36.6 Å². The van der Waals surface area contributed by atoms with Gasteiger partial charge in [-0.15, -0.1) is 0 Å². The first kappa shape index (κ1) is 16.4. The van der Waals surface area contributed by atoms with Crippen LogP contribution in [0.2, 0.25) is 5.02 Å². The van der Waals surface area contributed by atoms with Crippen molar-refractivity contribution in [2.75, 3.05) is 26.3 Å². The number of likely N-dealkylation sites (tertiary alicyclic amines) is 1. The van der Waals surface area contributed by atoms with Crippen LogP contribution in [0.5, 0.6) is 0 Å². The standard InChI is InChI=1S/C18H18ClNO5/c1-10-12-3-2-4-13(19)15(12)25-14(10)16(21)20-7-11-8-24-6-5-18(11,9-20)17(22)23/h2-4,11H,5-9H2,1H3,(H,22,23)/t11-,18+/m0/s1. The number of rotatable bonds is 2. The molecule has 7 heteroatoms. The van der Waals surface area contributed by atoms with Gasteiger partial charge in [0.25, 0.3) is 5.91 Å². The maximum absolute atomic E-state index is 13.0. The van der Waals surface area contributed by atoms with E-state index in [0.29, 0.717) is 36.8 Å². The molecule has 0 saturated carbocycles. The van der Waals surface area contributed by atoms with Crippen molar-refractivity contribution in [3.8, 4) is 0 Å². The second-order valence-corrected chi connectivity index (χ2v) is 7.25. The van der Waals surface area contributed by atoms with Crippen molar-refractivity contribution in [1.82, 2.24) is 4.90 Å². The van der Waals surface area contributed by atoms with E-state index >= 15 is 0 Å². The quantitative estimate of drug-likeness (QED) is 0.887. The van der Waals surface area contributed by atoms with Crippen LogP contribution in [0, 0.1) is 18.3 Å². The zero-order valence-corrected chi connectivity index (χ0v) is 14.5. The zero-order chi connectivity index (χ0) is 17.8. The molecule has 4 rings (SSSR count). The normalized spacial score (nSPS) is 26.0. The summed E-state index contributed by atoms with van der Waals surface area (Å²) < 4.78 is 11.2. The average molecular weight is 364 g/mol. The summed E-state index contributed by atoms with van der Waals surface area (Å²) in [6.07, 6.45) is 0.418. The fourth-order valence-electron chi connectivity index (χ4n) is 4.01. The van der Waals surface area contributed by atoms with Gasteiger partial charge in [0.15, 0.2) is 11.3 Å². The molecule has 25 heavy (non-hydrogen) atoms. The minimum Gasteiger partial charge on any atom is -0.481 e. The number of carboxylic acid groups (broad SMARTS) is 1. The molecule has 1 aromatic carbocycles. The van der Waals surface area contributed by atoms with Crippen molar-refractivity contribution < 1.29 is 23.8 Å². The predicted octanol–water partition coefficient (Wildman–Crippen LogP) is 2.96. The molecule has 2 aromatic rings. The van der Waals surface area contributed by atoms with Gasteiger partial charge in [0.1, 0.15) is 0 Å². The maximum Gasteiger partial charge on any atom is 0.311 e. The molecule has 2 aliphatic rings. The highest BCUT2D eigenvalue weighted by atomic mass is 35.5. The molecule has 2 saturated heterocycles. The maximum atomic E-state index is 13.0. The molecule has 6 nitrogen and oxygen atoms in total. The number of aryl methyl sites for hydroxylation is 1. The van der Waals surface area contributed by atoms with E-state index in [9.17, 15) is 14.7 Å². The number of carboxylic acids is 1. The molecule has 1 aromatic heterocycles. The van der Waals surface area contributed by atoms with E-state index in [1.54, 1.807) is 11.0 Å². The van der Waals surface area contributed by atoms with Crippen LogP contribution in [0.3, 0.4) is 0 Å². The Kier molecular flexibility index (Phi) is 3.77. The van der Waals surface area contributed by atoms with Gasteiger partial charge >= 0.3 is 5.97 Å². The Morgan fingerprint density at radius 3 is 2.88 bits per heavy atom. The molecule has 0 radical (unpaired) electrons. The van der Waals surface area contributed by atoms with E-state index in [1.807, 2.05) is 19.1 Å². The fraction of sp³-hybridized carbons (Fsp3) is 0.444. The second-order valence-electron chi connectivity index (χ2n) is 6.84. The minimum absolute atomic E-state index is 0.180. The number of hydrogen-bond acceptors (Lipinski definition) is 4. The summed E-state index contributed by atoms with van der Waals surface area (Å²) >= 11 is 6.16. The molecule has 2 fully saturated rings. The van der Waals surface area contributed by atoms with Crippen LogP contribution in [0.15, 0.2) is 22.6 Å². The first-order valence-corrected chi connectivity index (χ1v) is 8.60. The summed E-state index contributed by atoms with van der Waals surface area (Å²) in [6.45, 7) is 3.12. The zero-order valence-electron chi connectivity index (χ0n) is 13.8. The molecule has 2 atom stereocenters. The van der Waals surface area contributed by atoms with E-state index in [4.69, 9.17) is 20.8 Å². The van der Waals surface area contributed by atoms with Gasteiger partial charge in [-0.3, -0.25) is 9.59 Å². The predicted molar refractivity (Wildman–Crippen MR) is 90.9 cm³/mol. The van der Waals surface area contributed by atoms with Crippen LogP contribution in [0.4, 0.5) is 0 Å². The molecule has 2 aliphatic heterocycles. The third kappa shape index (κ3) is 2.35. The van der Waals surface area contributed by atoms with Crippen LogP contribution in [0.1, 0.15) is 22.5 Å². The van der Waals surface area contributed by atoms with E-state index in [1.165, 1.54) is 0 Å². The van der Waals surface area contributed by atoms with Crippen molar-refractivity contribution >= 4 is 34.4 Å². The number of ether oxygens (including phenoxy) is 1. The van der Waals surface area contributed by atoms with Crippen LogP contribution in [-0.2, 0) is 9.53 Å². The number of carbonyl (C=O) groups is 2. The lowest BCUT2D eigenvalue weighted by Crippen LogP contribution is -2.45. The lowest BCUT2D eigenvalue weighted by Gasteiger charge is -2.33. The largest absolute Gasteiger partial charge is 0.481 e. The topological polar surface area (TPSA) is 80.0 Å². The third-order valence-corrected chi connectivity index (χ3v) is 5.83. The first-order chi connectivity index (χ1) is 11.9. The average Bonchev–Trinajstić information content (AvgIpc) is 3.15. The highest BCUT2D eigenvalue weighted by Gasteiger charge is 2.55. The lowest BCUT2D eigenvalue weighted by molar-refractivity contribution is -0.157. The van der Waals surface area contributed by atoms with Crippen molar-refractivity contribution in [3.05, 3.63) is 34.5 Å². The Bertz CT molecular complexity index is 876. The lowest BCUT2D eigenvalue weighted by atomic mass is 9.74. The van der Waals surface area contributed by atoms with Crippen LogP contribution >= 0.6 is 11.6 Å². The monoisotopic (exact) mass is 363 g/mol. The number of nitrogens with zero attached hydrogens (tertiary/aromatic N) is 1. The summed E-state index contributed by atoms with van der Waals surface area (Å²) in [5, 5.41) is 11.0. The smallest absolute Gasteiger partial charge is 0.311 e. The van der Waals surface area contributed by atoms with E-state index in [0.717, 1.165) is 10.9 Å². The summed E-state index contributed by atoms with van der Waals surface area (Å²) in [4.78, 5) is 26.5. The van der Waals surface area contributed by atoms with Crippen LogP contribution in [0.25, 0.3) is 11.0 Å². The molecule has 0 spiro atoms. The van der Waals surface area contributed by atoms with Gasteiger partial charge in [0.05, 0.1) is 17.0 Å². The number of halogens is 1. The molecule has 3 heterocycles. The van der Waals surface area contributed by atoms with Gasteiger partial charge in [-0.1, -0.05) is 23.7 Å². The molecule has 1 amide bonds. The Hall–Kier alpha value is -2.05. The third-order valence-electron chi connectivity index (χ3n) is 5.53. The molecule has 0 unspecified atom stereocenters. The minimum atomic E-state index is -0.925. The van der Waals surface area contributed by atoms with E-state index in [-0.39, 0.29) is 24.1 Å². The fourth-order valence-corrected chi connectivity index (χ4v) is 4.22. The van der Waals surface area contributed by atoms with Gasteiger partial charge in [-0.05, 0) is 19.4 Å². The number of hydrogen-bond donors (Lipinski definition) is 1. The van der Waals surface area contributed by atoms with Crippen molar-refractivity contribution in [1.29, 1.82) is 0 Å². The van der Waals surface area contributed by atoms with Gasteiger partial charge in [-0.25, -0.2) is 0 Å². The highest BCUT2D eigenvalue weighted by molar-refractivity contribution is 6.35. The Morgan fingerprint density at radius 2 is 2.20 bits per heavy atom. The van der Waals surface area contributed by atoms with Gasteiger partial charge in [0.2, 0.25) is 0 Å². The molecular weight excluding hydrogens is 346 g/mol. The van der Waals surface area contributed by atoms with E-state index < -0.39 is 11.4 Å². The van der Waals surface area contributed by atoms with Crippen molar-refractivity contribution in [2.24, 2.45) is 11.3 Å². The molecule has 1 N–H and O–H groups in total. The molecule has 0 bridgehead atoms. The Labute approximate surface area is 149 Å². The summed E-state index contributed by atoms with van der Waals surface area (Å²) in [7, 11) is 0. The Balaban J connectivity index is 1.69. The number of para-hydroxylation sites is 1. The SMILES string of the molecule is Cc1c(C(=O)N2C[C@H]3COCC[C@@]3(C(=O)O)C2)oc2c(Cl)cccc12. The van der Waals surface area contributed by atoms with Crippen molar-refractivity contribution in [3.63, 3.8) is 0 Å². The van der Waals surface area contributed by atoms with Gasteiger partial charge < -0.3 is 19.2 Å². The number of fused-ring (bicyclic) bond motifs is 2. The number of benzene rings is 1. The molecule has 0 aliphatic carbocycles. The first-order valence-electron chi connectivity index (χ1n) is 8.22. The Morgan fingerprint density at radius 1 is 1.40 bits per heavy atom.